The first-order valence-corrected chi connectivity index (χ1v) is 9.73. The van der Waals surface area contributed by atoms with Crippen LogP contribution in [0.1, 0.15) is 37.7 Å². The van der Waals surface area contributed by atoms with Crippen molar-refractivity contribution >= 4 is 5.91 Å². The number of hydrogen-bond donors (Lipinski definition) is 2. The van der Waals surface area contributed by atoms with Crippen molar-refractivity contribution in [3.05, 3.63) is 54.4 Å². The Bertz CT molecular complexity index is 788. The fourth-order valence-corrected chi connectivity index (χ4v) is 4.56. The second-order valence-corrected chi connectivity index (χ2v) is 8.18. The van der Waals surface area contributed by atoms with Gasteiger partial charge in [-0.1, -0.05) is 18.6 Å². The highest BCUT2D eigenvalue weighted by Crippen LogP contribution is 2.44. The van der Waals surface area contributed by atoms with Crippen molar-refractivity contribution in [2.45, 2.75) is 57.2 Å². The van der Waals surface area contributed by atoms with Crippen molar-refractivity contribution in [1.29, 1.82) is 0 Å². The molecule has 0 spiro atoms. The largest absolute Gasteiger partial charge is 0.391 e. The highest BCUT2D eigenvalue weighted by Gasteiger charge is 2.46. The van der Waals surface area contributed by atoms with Crippen LogP contribution in [0.15, 0.2) is 43.0 Å². The van der Waals surface area contributed by atoms with E-state index in [-0.39, 0.29) is 17.8 Å². The van der Waals surface area contributed by atoms with Crippen molar-refractivity contribution < 1.29 is 14.3 Å². The zero-order chi connectivity index (χ0) is 18.9. The Balaban J connectivity index is 1.38. The number of imidazole rings is 1. The first-order chi connectivity index (χ1) is 13.0. The van der Waals surface area contributed by atoms with Gasteiger partial charge < -0.3 is 15.0 Å². The number of aromatic nitrogens is 2. The number of carbonyl (C=O) groups is 1. The topological polar surface area (TPSA) is 67.2 Å². The molecule has 3 atom stereocenters. The predicted molar refractivity (Wildman–Crippen MR) is 99.3 cm³/mol. The van der Waals surface area contributed by atoms with E-state index in [0.29, 0.717) is 18.8 Å². The summed E-state index contributed by atoms with van der Waals surface area (Å²) < 4.78 is 15.5. The van der Waals surface area contributed by atoms with Gasteiger partial charge in [0.1, 0.15) is 5.82 Å². The van der Waals surface area contributed by atoms with E-state index >= 15 is 0 Å². The lowest BCUT2D eigenvalue weighted by atomic mass is 9.64. The summed E-state index contributed by atoms with van der Waals surface area (Å²) in [6.07, 6.45) is 9.57. The molecular formula is C21H26FN3O2. The minimum absolute atomic E-state index is 0.00495. The summed E-state index contributed by atoms with van der Waals surface area (Å²) >= 11 is 0. The number of nitrogens with one attached hydrogen (secondary N) is 1. The first-order valence-electron chi connectivity index (χ1n) is 9.73. The van der Waals surface area contributed by atoms with E-state index in [1.807, 2.05) is 16.8 Å². The molecule has 0 saturated heterocycles. The van der Waals surface area contributed by atoms with Crippen LogP contribution in [0.2, 0.25) is 0 Å². The number of hydrogen-bond acceptors (Lipinski definition) is 3. The molecule has 1 amide bonds. The summed E-state index contributed by atoms with van der Waals surface area (Å²) in [6, 6.07) is 6.29. The Kier molecular flexibility index (Phi) is 5.00. The van der Waals surface area contributed by atoms with Gasteiger partial charge in [-0.3, -0.25) is 4.79 Å². The van der Waals surface area contributed by atoms with Gasteiger partial charge in [0.05, 0.1) is 23.9 Å². The third kappa shape index (κ3) is 3.90. The minimum Gasteiger partial charge on any atom is -0.391 e. The quantitative estimate of drug-likeness (QED) is 0.820. The molecule has 1 heterocycles. The highest BCUT2D eigenvalue weighted by atomic mass is 19.1. The molecule has 5 nitrogen and oxygen atoms in total. The lowest BCUT2D eigenvalue weighted by molar-refractivity contribution is -0.137. The molecular weight excluding hydrogens is 345 g/mol. The number of aliphatic hydroxyl groups excluding tert-OH is 1. The van der Waals surface area contributed by atoms with Crippen LogP contribution in [-0.4, -0.2) is 32.7 Å². The standard InChI is InChI=1S/C21H26FN3O2/c22-17-4-1-3-15(9-17)12-21(5-2-6-21)20(27)24-18-10-16(11-19(18)26)13-25-8-7-23-14-25/h1,3-4,7-9,14,16,18-19,26H,2,5-6,10-13H2,(H,24,27)/t16?,18-,19-/m1/s1. The maximum absolute atomic E-state index is 13.5. The summed E-state index contributed by atoms with van der Waals surface area (Å²) in [4.78, 5) is 17.1. The highest BCUT2D eigenvalue weighted by molar-refractivity contribution is 5.84. The number of carbonyl (C=O) groups excluding carboxylic acids is 1. The molecule has 27 heavy (non-hydrogen) atoms. The number of amides is 1. The van der Waals surface area contributed by atoms with Crippen molar-refractivity contribution in [3.8, 4) is 0 Å². The summed E-state index contributed by atoms with van der Waals surface area (Å²) in [7, 11) is 0. The molecule has 2 aliphatic rings. The summed E-state index contributed by atoms with van der Waals surface area (Å²) in [5.41, 5.74) is 0.394. The average Bonchev–Trinajstić information content (AvgIpc) is 3.21. The predicted octanol–water partition coefficient (Wildman–Crippen LogP) is 2.69. The molecule has 2 N–H and O–H groups in total. The van der Waals surface area contributed by atoms with E-state index in [1.165, 1.54) is 12.1 Å². The molecule has 1 unspecified atom stereocenters. The van der Waals surface area contributed by atoms with Crippen LogP contribution in [-0.2, 0) is 17.8 Å². The average molecular weight is 371 g/mol. The van der Waals surface area contributed by atoms with Gasteiger partial charge in [-0.05, 0) is 55.7 Å². The van der Waals surface area contributed by atoms with Gasteiger partial charge in [0.15, 0.2) is 0 Å². The van der Waals surface area contributed by atoms with Crippen LogP contribution in [0, 0.1) is 17.2 Å². The van der Waals surface area contributed by atoms with Crippen LogP contribution >= 0.6 is 0 Å². The molecule has 4 rings (SSSR count). The van der Waals surface area contributed by atoms with Gasteiger partial charge in [-0.2, -0.15) is 0 Å². The van der Waals surface area contributed by atoms with E-state index in [0.717, 1.165) is 37.8 Å². The van der Waals surface area contributed by atoms with Crippen LogP contribution in [0.3, 0.4) is 0 Å². The molecule has 1 aromatic heterocycles. The van der Waals surface area contributed by atoms with Crippen molar-refractivity contribution in [1.82, 2.24) is 14.9 Å². The minimum atomic E-state index is -0.520. The Morgan fingerprint density at radius 2 is 2.22 bits per heavy atom. The normalized spacial score (nSPS) is 26.5. The number of rotatable bonds is 6. The zero-order valence-corrected chi connectivity index (χ0v) is 15.4. The molecule has 2 aliphatic carbocycles. The van der Waals surface area contributed by atoms with E-state index < -0.39 is 11.5 Å². The van der Waals surface area contributed by atoms with Crippen LogP contribution in [0.4, 0.5) is 4.39 Å². The molecule has 144 valence electrons. The molecule has 2 saturated carbocycles. The fraction of sp³-hybridized carbons (Fsp3) is 0.524. The summed E-state index contributed by atoms with van der Waals surface area (Å²) in [5.74, 6) is 0.0568. The lowest BCUT2D eigenvalue weighted by Crippen LogP contribution is -2.52. The molecule has 6 heteroatoms. The Labute approximate surface area is 158 Å². The zero-order valence-electron chi connectivity index (χ0n) is 15.4. The second kappa shape index (κ2) is 7.43. The number of aliphatic hydroxyl groups is 1. The SMILES string of the molecule is O=C(N[C@@H]1CC(Cn2ccnc2)C[C@H]1O)C1(Cc2cccc(F)c2)CCC1. The van der Waals surface area contributed by atoms with E-state index in [4.69, 9.17) is 0 Å². The van der Waals surface area contributed by atoms with Gasteiger partial charge in [0, 0.05) is 18.9 Å². The maximum Gasteiger partial charge on any atom is 0.226 e. The van der Waals surface area contributed by atoms with Gasteiger partial charge in [0.25, 0.3) is 0 Å². The van der Waals surface area contributed by atoms with Crippen LogP contribution in [0.5, 0.6) is 0 Å². The molecule has 2 fully saturated rings. The lowest BCUT2D eigenvalue weighted by Gasteiger charge is -2.41. The number of nitrogens with zero attached hydrogens (tertiary/aromatic N) is 2. The Morgan fingerprint density at radius 1 is 1.37 bits per heavy atom. The second-order valence-electron chi connectivity index (χ2n) is 8.18. The van der Waals surface area contributed by atoms with Crippen LogP contribution < -0.4 is 5.32 Å². The Morgan fingerprint density at radius 3 is 2.89 bits per heavy atom. The fourth-order valence-electron chi connectivity index (χ4n) is 4.56. The van der Waals surface area contributed by atoms with Gasteiger partial charge >= 0.3 is 0 Å². The van der Waals surface area contributed by atoms with Gasteiger partial charge in [-0.15, -0.1) is 0 Å². The third-order valence-corrected chi connectivity index (χ3v) is 6.20. The van der Waals surface area contributed by atoms with Crippen LogP contribution in [0.25, 0.3) is 0 Å². The molecule has 0 aliphatic heterocycles. The van der Waals surface area contributed by atoms with Crippen molar-refractivity contribution in [2.24, 2.45) is 11.3 Å². The summed E-state index contributed by atoms with van der Waals surface area (Å²) in [5, 5.41) is 13.5. The van der Waals surface area contributed by atoms with E-state index in [9.17, 15) is 14.3 Å². The molecule has 0 bridgehead atoms. The maximum atomic E-state index is 13.5. The molecule has 2 aromatic rings. The van der Waals surface area contributed by atoms with Crippen molar-refractivity contribution in [2.75, 3.05) is 0 Å². The number of halogens is 1. The van der Waals surface area contributed by atoms with Gasteiger partial charge in [0.2, 0.25) is 5.91 Å². The molecule has 1 aromatic carbocycles. The van der Waals surface area contributed by atoms with E-state index in [1.54, 1.807) is 18.6 Å². The van der Waals surface area contributed by atoms with E-state index in [2.05, 4.69) is 10.3 Å². The third-order valence-electron chi connectivity index (χ3n) is 6.20. The smallest absolute Gasteiger partial charge is 0.226 e. The number of benzene rings is 1. The first kappa shape index (κ1) is 18.2. The monoisotopic (exact) mass is 371 g/mol. The van der Waals surface area contributed by atoms with Crippen molar-refractivity contribution in [3.63, 3.8) is 0 Å². The molecule has 0 radical (unpaired) electrons. The van der Waals surface area contributed by atoms with Gasteiger partial charge in [-0.25, -0.2) is 9.37 Å². The summed E-state index contributed by atoms with van der Waals surface area (Å²) in [6.45, 7) is 0.803. The Hall–Kier alpha value is -2.21.